The second-order valence-electron chi connectivity index (χ2n) is 9.55. The summed E-state index contributed by atoms with van der Waals surface area (Å²) in [5, 5.41) is 0. The largest absolute Gasteiger partial charge is 0.494 e. The number of benzene rings is 2. The quantitative estimate of drug-likeness (QED) is 0.661. The highest BCUT2D eigenvalue weighted by Crippen LogP contribution is 2.42. The van der Waals surface area contributed by atoms with Crippen LogP contribution in [0.15, 0.2) is 48.5 Å². The van der Waals surface area contributed by atoms with Gasteiger partial charge in [-0.2, -0.15) is 0 Å². The Balaban J connectivity index is 1.29. The molecule has 32 heavy (non-hydrogen) atoms. The molecule has 2 aliphatic rings. The van der Waals surface area contributed by atoms with E-state index in [1.54, 1.807) is 0 Å². The maximum atomic E-state index is 13.0. The molecule has 0 bridgehead atoms. The van der Waals surface area contributed by atoms with Gasteiger partial charge in [0.1, 0.15) is 5.75 Å². The Morgan fingerprint density at radius 3 is 2.19 bits per heavy atom. The topological polar surface area (TPSA) is 36.0 Å². The molecule has 0 aromatic heterocycles. The Morgan fingerprint density at radius 1 is 0.938 bits per heavy atom. The van der Waals surface area contributed by atoms with Crippen molar-refractivity contribution in [1.82, 2.24) is 9.80 Å². The molecule has 0 aliphatic carbocycles. The Hall–Kier alpha value is -2.53. The van der Waals surface area contributed by atoms with Gasteiger partial charge >= 0.3 is 0 Å². The van der Waals surface area contributed by atoms with Crippen molar-refractivity contribution in [3.8, 4) is 5.75 Å². The van der Waals surface area contributed by atoms with Crippen LogP contribution in [0.25, 0.3) is 0 Å². The van der Waals surface area contributed by atoms with Gasteiger partial charge in [-0.3, -0.25) is 9.69 Å². The summed E-state index contributed by atoms with van der Waals surface area (Å²) in [6, 6.07) is 16.4. The van der Waals surface area contributed by atoms with E-state index in [-0.39, 0.29) is 5.91 Å². The van der Waals surface area contributed by atoms with E-state index >= 15 is 0 Å². The van der Waals surface area contributed by atoms with Crippen LogP contribution in [0, 0.1) is 5.41 Å². The Labute approximate surface area is 193 Å². The zero-order valence-corrected chi connectivity index (χ0v) is 19.8. The van der Waals surface area contributed by atoms with Crippen molar-refractivity contribution in [2.45, 2.75) is 39.2 Å². The summed E-state index contributed by atoms with van der Waals surface area (Å²) in [6.07, 6.45) is 4.70. The van der Waals surface area contributed by atoms with Crippen LogP contribution in [0.2, 0.25) is 0 Å². The van der Waals surface area contributed by atoms with Gasteiger partial charge in [-0.1, -0.05) is 18.2 Å². The number of ether oxygens (including phenoxy) is 1. The molecule has 0 radical (unpaired) electrons. The summed E-state index contributed by atoms with van der Waals surface area (Å²) < 4.78 is 5.81. The number of anilines is 1. The molecule has 1 spiro atoms. The first-order chi connectivity index (χ1) is 15.5. The number of hydrogen-bond donors (Lipinski definition) is 0. The third-order valence-electron chi connectivity index (χ3n) is 7.33. The molecule has 0 atom stereocenters. The van der Waals surface area contributed by atoms with Gasteiger partial charge in [0.05, 0.1) is 6.61 Å². The molecule has 0 saturated carbocycles. The van der Waals surface area contributed by atoms with Gasteiger partial charge in [0.25, 0.3) is 5.91 Å². The number of amides is 1. The Kier molecular flexibility index (Phi) is 7.04. The molecule has 2 aliphatic heterocycles. The Morgan fingerprint density at radius 2 is 1.56 bits per heavy atom. The minimum absolute atomic E-state index is 0.176. The second kappa shape index (κ2) is 9.95. The van der Waals surface area contributed by atoms with Crippen LogP contribution in [-0.4, -0.2) is 62.6 Å². The molecular formula is C27H37N3O2. The fourth-order valence-electron chi connectivity index (χ4n) is 5.13. The molecule has 0 unspecified atom stereocenters. The molecule has 0 N–H and O–H groups in total. The molecule has 2 saturated heterocycles. The van der Waals surface area contributed by atoms with Crippen LogP contribution < -0.4 is 9.64 Å². The number of para-hydroxylation sites is 1. The van der Waals surface area contributed by atoms with Gasteiger partial charge in [0.15, 0.2) is 0 Å². The standard InChI is InChI=1S/C27H37N3O2/c1-4-32-25-8-6-5-7-23(25)21-29-17-13-27(14-18-29)15-19-30(20-16-27)26(31)22-9-11-24(12-10-22)28(2)3/h5-12H,4,13-21H2,1-3H3. The highest BCUT2D eigenvalue weighted by molar-refractivity contribution is 5.94. The molecule has 2 aromatic rings. The first-order valence-corrected chi connectivity index (χ1v) is 12.0. The first kappa shape index (κ1) is 22.7. The van der Waals surface area contributed by atoms with Crippen LogP contribution in [0.4, 0.5) is 5.69 Å². The summed E-state index contributed by atoms with van der Waals surface area (Å²) in [5.41, 5.74) is 3.61. The first-order valence-electron chi connectivity index (χ1n) is 12.0. The fraction of sp³-hybridized carbons (Fsp3) is 0.519. The molecule has 5 heteroatoms. The maximum absolute atomic E-state index is 13.0. The van der Waals surface area contributed by atoms with E-state index in [9.17, 15) is 4.79 Å². The van der Waals surface area contributed by atoms with Crippen LogP contribution >= 0.6 is 0 Å². The van der Waals surface area contributed by atoms with Gasteiger partial charge in [0, 0.05) is 50.5 Å². The van der Waals surface area contributed by atoms with Gasteiger partial charge in [-0.25, -0.2) is 0 Å². The van der Waals surface area contributed by atoms with E-state index in [1.165, 1.54) is 18.4 Å². The van der Waals surface area contributed by atoms with Crippen molar-refractivity contribution < 1.29 is 9.53 Å². The normalized spacial score (nSPS) is 18.5. The summed E-state index contributed by atoms with van der Waals surface area (Å²) in [7, 11) is 4.04. The van der Waals surface area contributed by atoms with Crippen molar-refractivity contribution in [3.05, 3.63) is 59.7 Å². The SMILES string of the molecule is CCOc1ccccc1CN1CCC2(CC1)CCN(C(=O)c1ccc(N(C)C)cc1)CC2. The van der Waals surface area contributed by atoms with Crippen LogP contribution in [0.1, 0.15) is 48.5 Å². The van der Waals surface area contributed by atoms with Crippen LogP contribution in [0.3, 0.4) is 0 Å². The van der Waals surface area contributed by atoms with Crippen molar-refractivity contribution in [3.63, 3.8) is 0 Å². The predicted octanol–water partition coefficient (Wildman–Crippen LogP) is 4.67. The van der Waals surface area contributed by atoms with Gasteiger partial charge in [-0.15, -0.1) is 0 Å². The summed E-state index contributed by atoms with van der Waals surface area (Å²) in [4.78, 5) is 19.7. The second-order valence-corrected chi connectivity index (χ2v) is 9.55. The lowest BCUT2D eigenvalue weighted by atomic mass is 9.71. The minimum atomic E-state index is 0.176. The number of hydrogen-bond acceptors (Lipinski definition) is 4. The van der Waals surface area contributed by atoms with Crippen molar-refractivity contribution >= 4 is 11.6 Å². The number of carbonyl (C=O) groups excluding carboxylic acids is 1. The predicted molar refractivity (Wildman–Crippen MR) is 130 cm³/mol. The van der Waals surface area contributed by atoms with Gasteiger partial charge < -0.3 is 14.5 Å². The van der Waals surface area contributed by atoms with Crippen LogP contribution in [0.5, 0.6) is 5.75 Å². The van der Waals surface area contributed by atoms with E-state index in [4.69, 9.17) is 4.74 Å². The van der Waals surface area contributed by atoms with Gasteiger partial charge in [-0.05, 0) is 81.4 Å². The summed E-state index contributed by atoms with van der Waals surface area (Å²) in [6.45, 7) is 7.70. The lowest BCUT2D eigenvalue weighted by Crippen LogP contribution is -2.48. The molecular weight excluding hydrogens is 398 g/mol. The van der Waals surface area contributed by atoms with Crippen LogP contribution in [-0.2, 0) is 6.54 Å². The zero-order valence-electron chi connectivity index (χ0n) is 19.8. The molecule has 1 amide bonds. The highest BCUT2D eigenvalue weighted by Gasteiger charge is 2.38. The monoisotopic (exact) mass is 435 g/mol. The summed E-state index contributed by atoms with van der Waals surface area (Å²) in [5.74, 6) is 1.19. The Bertz CT molecular complexity index is 891. The van der Waals surface area contributed by atoms with E-state index in [1.807, 2.05) is 51.4 Å². The van der Waals surface area contributed by atoms with Crippen molar-refractivity contribution in [2.24, 2.45) is 5.41 Å². The average Bonchev–Trinajstić information content (AvgIpc) is 2.82. The number of rotatable bonds is 6. The third-order valence-corrected chi connectivity index (χ3v) is 7.33. The minimum Gasteiger partial charge on any atom is -0.494 e. The molecule has 2 aromatic carbocycles. The molecule has 4 rings (SSSR count). The van der Waals surface area contributed by atoms with Crippen molar-refractivity contribution in [2.75, 3.05) is 51.8 Å². The molecule has 172 valence electrons. The van der Waals surface area contributed by atoms with E-state index in [2.05, 4.69) is 32.9 Å². The van der Waals surface area contributed by atoms with E-state index < -0.39 is 0 Å². The fourth-order valence-corrected chi connectivity index (χ4v) is 5.13. The number of likely N-dealkylation sites (tertiary alicyclic amines) is 2. The highest BCUT2D eigenvalue weighted by atomic mass is 16.5. The van der Waals surface area contributed by atoms with Crippen molar-refractivity contribution in [1.29, 1.82) is 0 Å². The molecule has 5 nitrogen and oxygen atoms in total. The number of piperidine rings is 2. The lowest BCUT2D eigenvalue weighted by molar-refractivity contribution is 0.0283. The smallest absolute Gasteiger partial charge is 0.253 e. The van der Waals surface area contributed by atoms with E-state index in [0.717, 1.165) is 62.6 Å². The number of carbonyl (C=O) groups is 1. The molecule has 2 fully saturated rings. The van der Waals surface area contributed by atoms with E-state index in [0.29, 0.717) is 12.0 Å². The molecule has 2 heterocycles. The maximum Gasteiger partial charge on any atom is 0.253 e. The lowest BCUT2D eigenvalue weighted by Gasteiger charge is -2.47. The van der Waals surface area contributed by atoms with Gasteiger partial charge in [0.2, 0.25) is 0 Å². The zero-order chi connectivity index (χ0) is 22.6. The number of nitrogens with zero attached hydrogens (tertiary/aromatic N) is 3. The summed E-state index contributed by atoms with van der Waals surface area (Å²) >= 11 is 0. The average molecular weight is 436 g/mol. The third kappa shape index (κ3) is 5.09.